The predicted molar refractivity (Wildman–Crippen MR) is 164 cm³/mol. The highest BCUT2D eigenvalue weighted by Crippen LogP contribution is 2.44. The average molecular weight is 604 g/mol. The Kier molecular flexibility index (Phi) is 13.9. The minimum absolute atomic E-state index is 0.0121. The van der Waals surface area contributed by atoms with E-state index in [2.05, 4.69) is 10.3 Å². The van der Waals surface area contributed by atoms with Crippen molar-refractivity contribution >= 4 is 29.6 Å². The Labute approximate surface area is 252 Å². The second kappa shape index (κ2) is 16.8. The van der Waals surface area contributed by atoms with Crippen molar-refractivity contribution in [3.8, 4) is 11.5 Å². The van der Waals surface area contributed by atoms with Crippen molar-refractivity contribution in [1.82, 2.24) is 0 Å². The highest BCUT2D eigenvalue weighted by molar-refractivity contribution is 6.04. The first-order valence-electron chi connectivity index (χ1n) is 14.1. The number of hydrogen-bond donors (Lipinski definition) is 6. The number of carbonyl (C=O) groups excluding carboxylic acids is 2. The van der Waals surface area contributed by atoms with Crippen LogP contribution in [0.15, 0.2) is 46.5 Å². The number of ether oxygens (including phenoxy) is 3. The number of allylic oxidation sites excluding steroid dienone is 2. The number of methoxy groups -OCH3 is 2. The van der Waals surface area contributed by atoms with Crippen LogP contribution in [0.5, 0.6) is 11.5 Å². The van der Waals surface area contributed by atoms with E-state index in [1.54, 1.807) is 39.0 Å². The van der Waals surface area contributed by atoms with Gasteiger partial charge in [-0.2, -0.15) is 0 Å². The molecule has 238 valence electrons. The third kappa shape index (κ3) is 9.92. The van der Waals surface area contributed by atoms with Crippen LogP contribution in [0.1, 0.15) is 46.1 Å². The van der Waals surface area contributed by atoms with Crippen LogP contribution in [0.2, 0.25) is 0 Å². The number of rotatable bonds is 6. The Morgan fingerprint density at radius 2 is 1.91 bits per heavy atom. The smallest absolute Gasteiger partial charge is 0.405 e. The largest absolute Gasteiger partial charge is 0.506 e. The Morgan fingerprint density at radius 1 is 1.21 bits per heavy atom. The first-order valence-corrected chi connectivity index (χ1v) is 14.1. The van der Waals surface area contributed by atoms with Gasteiger partial charge >= 0.3 is 6.09 Å². The quantitative estimate of drug-likeness (QED) is 0.122. The summed E-state index contributed by atoms with van der Waals surface area (Å²) in [5.74, 6) is -1.71. The molecule has 0 radical (unpaired) electrons. The number of aliphatic hydroxyl groups is 2. The molecule has 0 fully saturated rings. The van der Waals surface area contributed by atoms with E-state index in [1.807, 2.05) is 6.92 Å². The number of aliphatic imine (C=N–C) groups is 1. The monoisotopic (exact) mass is 603 g/mol. The summed E-state index contributed by atoms with van der Waals surface area (Å²) in [4.78, 5) is 29.0. The average Bonchev–Trinajstić information content (AvgIpc) is 2.95. The number of hydrogen-bond acceptors (Lipinski definition) is 10. The lowest BCUT2D eigenvalue weighted by Gasteiger charge is -2.29. The molecule has 12 nitrogen and oxygen atoms in total. The van der Waals surface area contributed by atoms with Crippen LogP contribution in [-0.2, 0) is 25.4 Å². The molecule has 12 heteroatoms. The summed E-state index contributed by atoms with van der Waals surface area (Å²) >= 11 is 0. The number of phenolic OH excluding ortho intramolecular Hbond substituents is 2. The molecule has 2 bridgehead atoms. The molecule has 0 saturated carbocycles. The predicted octanol–water partition coefficient (Wildman–Crippen LogP) is 3.64. The van der Waals surface area contributed by atoms with Crippen LogP contribution in [0, 0.1) is 11.8 Å². The van der Waals surface area contributed by atoms with E-state index in [-0.39, 0.29) is 53.8 Å². The number of benzene rings is 1. The van der Waals surface area contributed by atoms with Crippen molar-refractivity contribution < 1.29 is 44.2 Å². The molecule has 0 saturated heterocycles. The van der Waals surface area contributed by atoms with E-state index in [4.69, 9.17) is 25.1 Å². The van der Waals surface area contributed by atoms with Gasteiger partial charge in [0.25, 0.3) is 5.91 Å². The Bertz CT molecular complexity index is 1240. The molecule has 1 heterocycles. The van der Waals surface area contributed by atoms with Gasteiger partial charge in [0.1, 0.15) is 23.3 Å². The molecule has 0 aliphatic carbocycles. The molecular formula is C31H45N3O9. The van der Waals surface area contributed by atoms with E-state index in [0.29, 0.717) is 17.6 Å². The molecule has 6 atom stereocenters. The topological polar surface area (TPSA) is 193 Å². The summed E-state index contributed by atoms with van der Waals surface area (Å²) < 4.78 is 16.6. The number of phenols is 2. The number of aliphatic hydroxyl groups excluding tert-OH is 2. The zero-order valence-corrected chi connectivity index (χ0v) is 25.6. The summed E-state index contributed by atoms with van der Waals surface area (Å²) in [5, 5.41) is 45.1. The van der Waals surface area contributed by atoms with Crippen molar-refractivity contribution in [1.29, 1.82) is 0 Å². The van der Waals surface area contributed by atoms with Crippen molar-refractivity contribution in [3.05, 3.63) is 47.1 Å². The van der Waals surface area contributed by atoms with Crippen molar-refractivity contribution in [3.63, 3.8) is 0 Å². The van der Waals surface area contributed by atoms with Gasteiger partial charge in [0, 0.05) is 56.6 Å². The molecule has 7 N–H and O–H groups in total. The highest BCUT2D eigenvalue weighted by Gasteiger charge is 2.30. The van der Waals surface area contributed by atoms with Gasteiger partial charge in [-0.15, -0.1) is 0 Å². The fourth-order valence-electron chi connectivity index (χ4n) is 4.95. The van der Waals surface area contributed by atoms with Crippen molar-refractivity contribution in [2.75, 3.05) is 26.1 Å². The van der Waals surface area contributed by atoms with E-state index in [0.717, 1.165) is 0 Å². The first-order chi connectivity index (χ1) is 20.3. The van der Waals surface area contributed by atoms with Gasteiger partial charge in [0.2, 0.25) is 0 Å². The van der Waals surface area contributed by atoms with Gasteiger partial charge in [-0.3, -0.25) is 9.79 Å². The van der Waals surface area contributed by atoms with E-state index < -0.39 is 42.3 Å². The molecule has 1 aliphatic heterocycles. The van der Waals surface area contributed by atoms with Crippen molar-refractivity contribution in [2.45, 2.75) is 71.4 Å². The maximum absolute atomic E-state index is 13.0. The fourth-order valence-corrected chi connectivity index (χ4v) is 4.95. The minimum Gasteiger partial charge on any atom is -0.506 e. The second-order valence-electron chi connectivity index (χ2n) is 10.8. The van der Waals surface area contributed by atoms with E-state index in [9.17, 15) is 24.9 Å². The molecule has 43 heavy (non-hydrogen) atoms. The molecule has 2 rings (SSSR count). The summed E-state index contributed by atoms with van der Waals surface area (Å²) in [5.41, 5.74) is 6.59. The zero-order valence-electron chi connectivity index (χ0n) is 25.6. The van der Waals surface area contributed by atoms with Gasteiger partial charge < -0.3 is 45.7 Å². The fraction of sp³-hybridized carbons (Fsp3) is 0.516. The molecule has 1 aromatic rings. The number of nitrogens with one attached hydrogen (secondary N) is 1. The second-order valence-corrected chi connectivity index (χ2v) is 10.8. The van der Waals surface area contributed by atoms with Crippen LogP contribution in [0.3, 0.4) is 0 Å². The molecule has 5 unspecified atom stereocenters. The Morgan fingerprint density at radius 3 is 2.51 bits per heavy atom. The molecule has 1 aromatic carbocycles. The third-order valence-corrected chi connectivity index (χ3v) is 7.28. The number of primary amides is 1. The van der Waals surface area contributed by atoms with Gasteiger partial charge in [0.05, 0.1) is 17.9 Å². The summed E-state index contributed by atoms with van der Waals surface area (Å²) in [6, 6.07) is 1.21. The lowest BCUT2D eigenvalue weighted by Crippen LogP contribution is -2.37. The maximum Gasteiger partial charge on any atom is 0.405 e. The number of amides is 2. The molecular weight excluding hydrogens is 558 g/mol. The minimum atomic E-state index is -1.00. The normalized spacial score (nSPS) is 26.1. The van der Waals surface area contributed by atoms with Gasteiger partial charge in [-0.1, -0.05) is 38.2 Å². The number of carbonyl (C=O) groups is 2. The number of nitrogens with two attached hydrogens (primary N) is 1. The summed E-state index contributed by atoms with van der Waals surface area (Å²) in [6.45, 7) is 6.86. The standard InChI is InChI=1S/C31H45N3O9/c1-17-13-21-26(33-11-8-12-35)23(36)16-22(28(21)38)34-30(39)18(2)9-7-10-24(41-5)29(43-31(32)40)20(4)15-19(3)27(37)25(14-17)42-6/h7,9-11,15-17,19,24-25,27,29,35-38H,8,12-14H2,1-6H3,(H2,32,40)(H,34,39)/t17?,19?,24?,25?,27?,29-/m0/s1. The van der Waals surface area contributed by atoms with Gasteiger partial charge in [-0.05, 0) is 38.2 Å². The van der Waals surface area contributed by atoms with Gasteiger partial charge in [-0.25, -0.2) is 4.79 Å². The molecule has 2 amide bonds. The lowest BCUT2D eigenvalue weighted by molar-refractivity contribution is -0.112. The molecule has 0 aromatic heterocycles. The number of anilines is 1. The number of fused-ring (bicyclic) bond motifs is 2. The van der Waals surface area contributed by atoms with Crippen LogP contribution >= 0.6 is 0 Å². The lowest BCUT2D eigenvalue weighted by atomic mass is 9.87. The Balaban J connectivity index is 2.68. The van der Waals surface area contributed by atoms with Crippen LogP contribution in [0.4, 0.5) is 16.2 Å². The highest BCUT2D eigenvalue weighted by atomic mass is 16.6. The SMILES string of the molecule is COC1CC(C)Cc2c(O)c(cc(O)c2N=CCCO)NC(=O)C(C)=CC=CC(OC)[C@@H](OC(N)=O)C(C)=CC(C)C1O. The maximum atomic E-state index is 13.0. The van der Waals surface area contributed by atoms with E-state index in [1.165, 1.54) is 32.6 Å². The van der Waals surface area contributed by atoms with E-state index >= 15 is 0 Å². The third-order valence-electron chi connectivity index (χ3n) is 7.28. The number of aromatic hydroxyl groups is 2. The van der Waals surface area contributed by atoms with Crippen LogP contribution < -0.4 is 11.1 Å². The first kappa shape index (κ1) is 35.5. The van der Waals surface area contributed by atoms with Crippen molar-refractivity contribution in [2.24, 2.45) is 22.6 Å². The van der Waals surface area contributed by atoms with Gasteiger partial charge in [0.15, 0.2) is 6.10 Å². The van der Waals surface area contributed by atoms with Crippen LogP contribution in [0.25, 0.3) is 0 Å². The summed E-state index contributed by atoms with van der Waals surface area (Å²) in [6.07, 6.45) is 4.40. The van der Waals surface area contributed by atoms with Crippen LogP contribution in [-0.4, -0.2) is 83.9 Å². The molecule has 0 spiro atoms. The molecule has 1 aliphatic rings. The number of nitrogens with zero attached hydrogens (tertiary/aromatic N) is 1. The zero-order chi connectivity index (χ0) is 32.3. The summed E-state index contributed by atoms with van der Waals surface area (Å²) in [7, 11) is 2.92. The Hall–Kier alpha value is -3.71.